The van der Waals surface area contributed by atoms with Gasteiger partial charge in [-0.25, -0.2) is 4.98 Å². The SMILES string of the molecule is COc1ccc(CNC(=O)[C@H](C)Sc2nc3ccccc3o2)cc1. The van der Waals surface area contributed by atoms with E-state index < -0.39 is 0 Å². The Morgan fingerprint density at radius 1 is 1.25 bits per heavy atom. The molecule has 0 aliphatic heterocycles. The number of methoxy groups -OCH3 is 1. The Bertz CT molecular complexity index is 797. The molecule has 2 aromatic carbocycles. The van der Waals surface area contributed by atoms with Crippen LogP contribution in [0, 0.1) is 0 Å². The van der Waals surface area contributed by atoms with E-state index in [1.54, 1.807) is 7.11 Å². The minimum absolute atomic E-state index is 0.0573. The maximum atomic E-state index is 12.2. The zero-order valence-corrected chi connectivity index (χ0v) is 14.3. The molecule has 1 amide bonds. The molecule has 0 unspecified atom stereocenters. The van der Waals surface area contributed by atoms with Crippen LogP contribution in [0.25, 0.3) is 11.1 Å². The fraction of sp³-hybridized carbons (Fsp3) is 0.222. The number of oxazole rings is 1. The van der Waals surface area contributed by atoms with E-state index in [4.69, 9.17) is 9.15 Å². The lowest BCUT2D eigenvalue weighted by Crippen LogP contribution is -2.30. The summed E-state index contributed by atoms with van der Waals surface area (Å²) in [7, 11) is 1.63. The maximum absolute atomic E-state index is 12.2. The van der Waals surface area contributed by atoms with Crippen LogP contribution in [0.15, 0.2) is 58.2 Å². The van der Waals surface area contributed by atoms with Crippen LogP contribution >= 0.6 is 11.8 Å². The molecule has 24 heavy (non-hydrogen) atoms. The molecule has 0 bridgehead atoms. The number of nitrogens with one attached hydrogen (secondary N) is 1. The smallest absolute Gasteiger partial charge is 0.257 e. The second kappa shape index (κ2) is 7.40. The summed E-state index contributed by atoms with van der Waals surface area (Å²) in [5, 5.41) is 3.13. The van der Waals surface area contributed by atoms with Gasteiger partial charge in [0.1, 0.15) is 11.3 Å². The highest BCUT2D eigenvalue weighted by atomic mass is 32.2. The first kappa shape index (κ1) is 16.4. The molecule has 124 valence electrons. The summed E-state index contributed by atoms with van der Waals surface area (Å²) in [4.78, 5) is 16.6. The first-order valence-corrected chi connectivity index (χ1v) is 8.46. The van der Waals surface area contributed by atoms with Gasteiger partial charge in [-0.2, -0.15) is 0 Å². The number of ether oxygens (including phenoxy) is 1. The molecular weight excluding hydrogens is 324 g/mol. The van der Waals surface area contributed by atoms with Gasteiger partial charge < -0.3 is 14.5 Å². The third kappa shape index (κ3) is 3.89. The van der Waals surface area contributed by atoms with Gasteiger partial charge in [-0.1, -0.05) is 36.0 Å². The number of carbonyl (C=O) groups is 1. The molecular formula is C18H18N2O3S. The van der Waals surface area contributed by atoms with Crippen LogP contribution < -0.4 is 10.1 Å². The monoisotopic (exact) mass is 342 g/mol. The highest BCUT2D eigenvalue weighted by Gasteiger charge is 2.17. The van der Waals surface area contributed by atoms with E-state index in [-0.39, 0.29) is 11.2 Å². The number of hydrogen-bond acceptors (Lipinski definition) is 5. The van der Waals surface area contributed by atoms with Crippen LogP contribution in [0.5, 0.6) is 5.75 Å². The van der Waals surface area contributed by atoms with Crippen LogP contribution in [0.1, 0.15) is 12.5 Å². The van der Waals surface area contributed by atoms with Crippen molar-refractivity contribution in [2.75, 3.05) is 7.11 Å². The largest absolute Gasteiger partial charge is 0.497 e. The van der Waals surface area contributed by atoms with Gasteiger partial charge in [-0.3, -0.25) is 4.79 Å². The second-order valence-corrected chi connectivity index (χ2v) is 6.57. The molecule has 0 aliphatic carbocycles. The fourth-order valence-electron chi connectivity index (χ4n) is 2.18. The van der Waals surface area contributed by atoms with Crippen LogP contribution in [-0.4, -0.2) is 23.3 Å². The zero-order valence-electron chi connectivity index (χ0n) is 13.5. The number of rotatable bonds is 6. The van der Waals surface area contributed by atoms with Crippen molar-refractivity contribution in [1.29, 1.82) is 0 Å². The summed E-state index contributed by atoms with van der Waals surface area (Å²) in [6, 6.07) is 15.2. The summed E-state index contributed by atoms with van der Waals surface area (Å²) in [5.41, 5.74) is 2.54. The molecule has 0 aliphatic rings. The van der Waals surface area contributed by atoms with Gasteiger partial charge in [0.25, 0.3) is 5.22 Å². The number of para-hydroxylation sites is 2. The molecule has 5 nitrogen and oxygen atoms in total. The van der Waals surface area contributed by atoms with Crippen molar-refractivity contribution in [1.82, 2.24) is 10.3 Å². The molecule has 0 saturated heterocycles. The van der Waals surface area contributed by atoms with E-state index >= 15 is 0 Å². The Labute approximate surface area is 144 Å². The van der Waals surface area contributed by atoms with E-state index in [0.29, 0.717) is 11.8 Å². The van der Waals surface area contributed by atoms with Gasteiger partial charge in [0.15, 0.2) is 5.58 Å². The molecule has 1 N–H and O–H groups in total. The number of nitrogens with zero attached hydrogens (tertiary/aromatic N) is 1. The lowest BCUT2D eigenvalue weighted by Gasteiger charge is -2.10. The summed E-state index contributed by atoms with van der Waals surface area (Å²) < 4.78 is 10.8. The summed E-state index contributed by atoms with van der Waals surface area (Å²) in [5.74, 6) is 0.739. The Kier molecular flexibility index (Phi) is 5.05. The Balaban J connectivity index is 1.55. The van der Waals surface area contributed by atoms with Crippen molar-refractivity contribution in [2.24, 2.45) is 0 Å². The van der Waals surface area contributed by atoms with Crippen LogP contribution in [0.4, 0.5) is 0 Å². The first-order chi connectivity index (χ1) is 11.7. The Morgan fingerprint density at radius 3 is 2.71 bits per heavy atom. The Hall–Kier alpha value is -2.47. The number of thioether (sulfide) groups is 1. The normalized spacial score (nSPS) is 12.1. The molecule has 0 radical (unpaired) electrons. The number of amides is 1. The summed E-state index contributed by atoms with van der Waals surface area (Å²) in [6.45, 7) is 2.31. The molecule has 1 aromatic heterocycles. The third-order valence-corrected chi connectivity index (χ3v) is 4.49. The first-order valence-electron chi connectivity index (χ1n) is 7.58. The van der Waals surface area contributed by atoms with Crippen LogP contribution in [-0.2, 0) is 11.3 Å². The van der Waals surface area contributed by atoms with Crippen molar-refractivity contribution in [2.45, 2.75) is 23.9 Å². The topological polar surface area (TPSA) is 64.4 Å². The molecule has 3 aromatic rings. The highest BCUT2D eigenvalue weighted by Crippen LogP contribution is 2.26. The fourth-order valence-corrected chi connectivity index (χ4v) is 2.96. The van der Waals surface area contributed by atoms with Gasteiger partial charge in [-0.05, 0) is 36.8 Å². The summed E-state index contributed by atoms with van der Waals surface area (Å²) in [6.07, 6.45) is 0. The third-order valence-electron chi connectivity index (χ3n) is 3.55. The average molecular weight is 342 g/mol. The van der Waals surface area contributed by atoms with Gasteiger partial charge in [0.05, 0.1) is 12.4 Å². The predicted octanol–water partition coefficient (Wildman–Crippen LogP) is 3.63. The van der Waals surface area contributed by atoms with E-state index in [1.165, 1.54) is 11.8 Å². The molecule has 1 heterocycles. The number of carbonyl (C=O) groups excluding carboxylic acids is 1. The lowest BCUT2D eigenvalue weighted by atomic mass is 10.2. The molecule has 0 fully saturated rings. The van der Waals surface area contributed by atoms with Crippen molar-refractivity contribution < 1.29 is 13.9 Å². The minimum Gasteiger partial charge on any atom is -0.497 e. The van der Waals surface area contributed by atoms with Crippen molar-refractivity contribution in [3.05, 3.63) is 54.1 Å². The molecule has 0 saturated carbocycles. The molecule has 0 spiro atoms. The molecule has 1 atom stereocenters. The van der Waals surface area contributed by atoms with E-state index in [0.717, 1.165) is 22.4 Å². The number of benzene rings is 2. The Morgan fingerprint density at radius 2 is 2.00 bits per heavy atom. The second-order valence-electron chi connectivity index (χ2n) is 5.27. The standard InChI is InChI=1S/C18H18N2O3S/c1-12(24-18-20-15-5-3-4-6-16(15)23-18)17(21)19-11-13-7-9-14(22-2)10-8-13/h3-10,12H,11H2,1-2H3,(H,19,21)/t12-/m0/s1. The number of aromatic nitrogens is 1. The lowest BCUT2D eigenvalue weighted by molar-refractivity contribution is -0.120. The van der Waals surface area contributed by atoms with Gasteiger partial charge in [0.2, 0.25) is 5.91 Å². The quantitative estimate of drug-likeness (QED) is 0.693. The molecule has 3 rings (SSSR count). The van der Waals surface area contributed by atoms with Gasteiger partial charge in [-0.15, -0.1) is 0 Å². The van der Waals surface area contributed by atoms with Gasteiger partial charge >= 0.3 is 0 Å². The minimum atomic E-state index is -0.295. The average Bonchev–Trinajstić information content (AvgIpc) is 3.02. The van der Waals surface area contributed by atoms with E-state index in [1.807, 2.05) is 55.5 Å². The van der Waals surface area contributed by atoms with Crippen LogP contribution in [0.2, 0.25) is 0 Å². The van der Waals surface area contributed by atoms with Crippen molar-refractivity contribution in [3.63, 3.8) is 0 Å². The van der Waals surface area contributed by atoms with E-state index in [9.17, 15) is 4.79 Å². The molecule has 6 heteroatoms. The predicted molar refractivity (Wildman–Crippen MR) is 94.2 cm³/mol. The van der Waals surface area contributed by atoms with Gasteiger partial charge in [0, 0.05) is 6.54 Å². The highest BCUT2D eigenvalue weighted by molar-refractivity contribution is 8.00. The zero-order chi connectivity index (χ0) is 16.9. The number of fused-ring (bicyclic) bond motifs is 1. The van der Waals surface area contributed by atoms with Crippen molar-refractivity contribution >= 4 is 28.8 Å². The van der Waals surface area contributed by atoms with E-state index in [2.05, 4.69) is 10.3 Å². The van der Waals surface area contributed by atoms with Crippen LogP contribution in [0.3, 0.4) is 0 Å². The summed E-state index contributed by atoms with van der Waals surface area (Å²) >= 11 is 1.31. The number of hydrogen-bond donors (Lipinski definition) is 1. The maximum Gasteiger partial charge on any atom is 0.257 e. The van der Waals surface area contributed by atoms with Crippen molar-refractivity contribution in [3.8, 4) is 5.75 Å².